The zero-order valence-corrected chi connectivity index (χ0v) is 12.1. The summed E-state index contributed by atoms with van der Waals surface area (Å²) in [6.45, 7) is 0. The van der Waals surface area contributed by atoms with Crippen molar-refractivity contribution in [3.8, 4) is 22.6 Å². The molecular formula is C19H13NO3. The smallest absolute Gasteiger partial charge is 0.337 e. The molecule has 0 aromatic heterocycles. The number of benzene rings is 3. The normalized spacial score (nSPS) is 11.7. The summed E-state index contributed by atoms with van der Waals surface area (Å²) >= 11 is 0. The van der Waals surface area contributed by atoms with E-state index in [1.807, 2.05) is 48.5 Å². The third-order valence-electron chi connectivity index (χ3n) is 3.82. The van der Waals surface area contributed by atoms with Gasteiger partial charge in [0, 0.05) is 0 Å². The minimum atomic E-state index is -0.986. The highest BCUT2D eigenvalue weighted by molar-refractivity contribution is 5.98. The SMILES string of the molecule is O=C(O)c1cccc2c1Nc1cc(-c3ccccc3)ccc1O2. The van der Waals surface area contributed by atoms with E-state index in [0.29, 0.717) is 17.2 Å². The quantitative estimate of drug-likeness (QED) is 0.553. The predicted molar refractivity (Wildman–Crippen MR) is 88.6 cm³/mol. The van der Waals surface area contributed by atoms with E-state index in [4.69, 9.17) is 4.74 Å². The van der Waals surface area contributed by atoms with E-state index in [-0.39, 0.29) is 5.56 Å². The van der Waals surface area contributed by atoms with E-state index in [0.717, 1.165) is 16.8 Å². The number of nitrogens with one attached hydrogen (secondary N) is 1. The largest absolute Gasteiger partial charge is 0.478 e. The molecule has 0 aliphatic carbocycles. The van der Waals surface area contributed by atoms with Gasteiger partial charge in [-0.25, -0.2) is 4.79 Å². The van der Waals surface area contributed by atoms with Crippen LogP contribution in [0.5, 0.6) is 11.5 Å². The summed E-state index contributed by atoms with van der Waals surface area (Å²) in [6.07, 6.45) is 0. The monoisotopic (exact) mass is 303 g/mol. The number of carboxylic acid groups (broad SMARTS) is 1. The van der Waals surface area contributed by atoms with E-state index in [1.54, 1.807) is 18.2 Å². The van der Waals surface area contributed by atoms with Crippen LogP contribution in [-0.4, -0.2) is 11.1 Å². The molecule has 0 atom stereocenters. The lowest BCUT2D eigenvalue weighted by atomic mass is 10.0. The van der Waals surface area contributed by atoms with Gasteiger partial charge in [-0.2, -0.15) is 0 Å². The van der Waals surface area contributed by atoms with Gasteiger partial charge in [0.15, 0.2) is 11.5 Å². The van der Waals surface area contributed by atoms with Crippen molar-refractivity contribution in [1.82, 2.24) is 0 Å². The molecule has 0 amide bonds. The first-order chi connectivity index (χ1) is 11.2. The third kappa shape index (κ3) is 2.30. The average Bonchev–Trinajstić information content (AvgIpc) is 2.59. The Labute approximate surface area is 133 Å². The molecule has 4 nitrogen and oxygen atoms in total. The number of rotatable bonds is 2. The van der Waals surface area contributed by atoms with Crippen LogP contribution in [0, 0.1) is 0 Å². The topological polar surface area (TPSA) is 58.6 Å². The molecule has 0 radical (unpaired) electrons. The minimum Gasteiger partial charge on any atom is -0.478 e. The first-order valence-electron chi connectivity index (χ1n) is 7.23. The minimum absolute atomic E-state index is 0.193. The van der Waals surface area contributed by atoms with Gasteiger partial charge >= 0.3 is 5.97 Å². The molecule has 1 aliphatic rings. The molecule has 2 N–H and O–H groups in total. The second-order valence-corrected chi connectivity index (χ2v) is 5.29. The Morgan fingerprint density at radius 3 is 2.48 bits per heavy atom. The molecule has 4 heteroatoms. The number of anilines is 2. The fraction of sp³-hybridized carbons (Fsp3) is 0. The number of carboxylic acids is 1. The van der Waals surface area contributed by atoms with Crippen molar-refractivity contribution in [3.63, 3.8) is 0 Å². The van der Waals surface area contributed by atoms with Crippen molar-refractivity contribution in [2.75, 3.05) is 5.32 Å². The number of aromatic carboxylic acids is 1. The van der Waals surface area contributed by atoms with Gasteiger partial charge in [0.1, 0.15) is 0 Å². The van der Waals surface area contributed by atoms with Crippen molar-refractivity contribution in [1.29, 1.82) is 0 Å². The molecule has 4 rings (SSSR count). The van der Waals surface area contributed by atoms with Gasteiger partial charge in [-0.3, -0.25) is 0 Å². The molecule has 1 aliphatic heterocycles. The van der Waals surface area contributed by atoms with Crippen LogP contribution in [0.3, 0.4) is 0 Å². The summed E-state index contributed by atoms with van der Waals surface area (Å²) in [4.78, 5) is 11.4. The lowest BCUT2D eigenvalue weighted by molar-refractivity contribution is 0.0697. The molecule has 1 heterocycles. The summed E-state index contributed by atoms with van der Waals surface area (Å²) in [5.41, 5.74) is 3.56. The van der Waals surface area contributed by atoms with Crippen LogP contribution in [-0.2, 0) is 0 Å². The van der Waals surface area contributed by atoms with Crippen LogP contribution >= 0.6 is 0 Å². The molecule has 0 bridgehead atoms. The molecule has 3 aromatic rings. The molecule has 112 valence electrons. The van der Waals surface area contributed by atoms with Gasteiger partial charge in [-0.1, -0.05) is 42.5 Å². The van der Waals surface area contributed by atoms with Gasteiger partial charge in [-0.15, -0.1) is 0 Å². The summed E-state index contributed by atoms with van der Waals surface area (Å²) in [6, 6.07) is 20.8. The average molecular weight is 303 g/mol. The molecule has 23 heavy (non-hydrogen) atoms. The predicted octanol–water partition coefficient (Wildman–Crippen LogP) is 4.90. The Kier molecular flexibility index (Phi) is 3.01. The number of carbonyl (C=O) groups is 1. The van der Waals surface area contributed by atoms with Gasteiger partial charge in [0.25, 0.3) is 0 Å². The standard InChI is InChI=1S/C19H13NO3/c21-19(22)14-7-4-8-17-18(14)20-15-11-13(9-10-16(15)23-17)12-5-2-1-3-6-12/h1-11,20H,(H,21,22). The van der Waals surface area contributed by atoms with Crippen LogP contribution in [0.25, 0.3) is 11.1 Å². The highest BCUT2D eigenvalue weighted by Gasteiger charge is 2.22. The maximum absolute atomic E-state index is 11.4. The van der Waals surface area contributed by atoms with Crippen molar-refractivity contribution in [2.45, 2.75) is 0 Å². The number of hydrogen-bond acceptors (Lipinski definition) is 3. The van der Waals surface area contributed by atoms with Crippen LogP contribution in [0.2, 0.25) is 0 Å². The van der Waals surface area contributed by atoms with E-state index in [1.165, 1.54) is 0 Å². The van der Waals surface area contributed by atoms with Crippen molar-refractivity contribution in [3.05, 3.63) is 72.3 Å². The second kappa shape index (κ2) is 5.18. The second-order valence-electron chi connectivity index (χ2n) is 5.29. The molecule has 0 fully saturated rings. The maximum Gasteiger partial charge on any atom is 0.337 e. The third-order valence-corrected chi connectivity index (χ3v) is 3.82. The Morgan fingerprint density at radius 1 is 0.870 bits per heavy atom. The number of hydrogen-bond donors (Lipinski definition) is 2. The molecule has 0 saturated carbocycles. The Balaban J connectivity index is 1.79. The zero-order valence-electron chi connectivity index (χ0n) is 12.1. The highest BCUT2D eigenvalue weighted by atomic mass is 16.5. The summed E-state index contributed by atoms with van der Waals surface area (Å²) in [7, 11) is 0. The van der Waals surface area contributed by atoms with E-state index < -0.39 is 5.97 Å². The molecule has 0 saturated heterocycles. The fourth-order valence-corrected chi connectivity index (χ4v) is 2.70. The summed E-state index contributed by atoms with van der Waals surface area (Å²) in [5, 5.41) is 12.5. The van der Waals surface area contributed by atoms with Crippen molar-refractivity contribution >= 4 is 17.3 Å². The maximum atomic E-state index is 11.4. The van der Waals surface area contributed by atoms with E-state index >= 15 is 0 Å². The van der Waals surface area contributed by atoms with Gasteiger partial charge in [-0.05, 0) is 35.4 Å². The molecule has 0 spiro atoms. The number of ether oxygens (including phenoxy) is 1. The van der Waals surface area contributed by atoms with Crippen LogP contribution < -0.4 is 10.1 Å². The lowest BCUT2D eigenvalue weighted by Crippen LogP contribution is -2.08. The van der Waals surface area contributed by atoms with Crippen LogP contribution in [0.4, 0.5) is 11.4 Å². The van der Waals surface area contributed by atoms with Crippen LogP contribution in [0.15, 0.2) is 66.7 Å². The fourth-order valence-electron chi connectivity index (χ4n) is 2.70. The molecule has 3 aromatic carbocycles. The Hall–Kier alpha value is -3.27. The first kappa shape index (κ1) is 13.4. The van der Waals surface area contributed by atoms with Gasteiger partial charge in [0.05, 0.1) is 16.9 Å². The van der Waals surface area contributed by atoms with E-state index in [2.05, 4.69) is 5.32 Å². The van der Waals surface area contributed by atoms with Gasteiger partial charge < -0.3 is 15.2 Å². The highest BCUT2D eigenvalue weighted by Crippen LogP contribution is 2.44. The summed E-state index contributed by atoms with van der Waals surface area (Å²) < 4.78 is 5.83. The van der Waals surface area contributed by atoms with Crippen LogP contribution in [0.1, 0.15) is 10.4 Å². The Bertz CT molecular complexity index is 904. The lowest BCUT2D eigenvalue weighted by Gasteiger charge is -2.23. The number of fused-ring (bicyclic) bond motifs is 2. The first-order valence-corrected chi connectivity index (χ1v) is 7.23. The van der Waals surface area contributed by atoms with E-state index in [9.17, 15) is 9.90 Å². The summed E-state index contributed by atoms with van der Waals surface area (Å²) in [5.74, 6) is 0.213. The Morgan fingerprint density at radius 2 is 1.70 bits per heavy atom. The van der Waals surface area contributed by atoms with Crippen molar-refractivity contribution in [2.24, 2.45) is 0 Å². The molecule has 0 unspecified atom stereocenters. The zero-order chi connectivity index (χ0) is 15.8. The molecular weight excluding hydrogens is 290 g/mol. The number of para-hydroxylation sites is 1. The van der Waals surface area contributed by atoms with Crippen molar-refractivity contribution < 1.29 is 14.6 Å². The van der Waals surface area contributed by atoms with Gasteiger partial charge in [0.2, 0.25) is 0 Å².